The highest BCUT2D eigenvalue weighted by molar-refractivity contribution is 6.10. The maximum atomic E-state index is 13.6. The molecule has 0 unspecified atom stereocenters. The van der Waals surface area contributed by atoms with E-state index in [4.69, 9.17) is 19.6 Å². The summed E-state index contributed by atoms with van der Waals surface area (Å²) in [7, 11) is 0. The molecule has 66 heavy (non-hydrogen) atoms. The molecule has 0 bridgehead atoms. The van der Waals surface area contributed by atoms with Crippen LogP contribution in [-0.4, -0.2) is 111 Å². The van der Waals surface area contributed by atoms with E-state index < -0.39 is 29.8 Å². The number of nitrogen functional groups attached to an aromatic ring is 1. The Morgan fingerprint density at radius 2 is 1.71 bits per heavy atom. The van der Waals surface area contributed by atoms with Crippen molar-refractivity contribution in [1.29, 1.82) is 0 Å². The fraction of sp³-hybridized carbons (Fsp3) is 0.319. The number of likely N-dealkylation sites (tertiary alicyclic amines) is 2. The predicted molar refractivity (Wildman–Crippen MR) is 239 cm³/mol. The summed E-state index contributed by atoms with van der Waals surface area (Å²) in [6, 6.07) is 18.6. The van der Waals surface area contributed by atoms with Gasteiger partial charge in [-0.15, -0.1) is 0 Å². The van der Waals surface area contributed by atoms with Gasteiger partial charge in [-0.2, -0.15) is 5.10 Å². The number of furan rings is 1. The molecule has 340 valence electrons. The van der Waals surface area contributed by atoms with E-state index in [1.54, 1.807) is 54.7 Å². The van der Waals surface area contributed by atoms with E-state index in [9.17, 15) is 28.4 Å². The third-order valence-electron chi connectivity index (χ3n) is 12.1. The first-order valence-corrected chi connectivity index (χ1v) is 21.8. The topological polar surface area (TPSA) is 220 Å². The number of piperidine rings is 2. The molecule has 3 aliphatic rings. The summed E-state index contributed by atoms with van der Waals surface area (Å²) in [6.45, 7) is 4.49. The molecule has 3 aliphatic heterocycles. The summed E-state index contributed by atoms with van der Waals surface area (Å²) < 4.78 is 33.1. The van der Waals surface area contributed by atoms with Gasteiger partial charge in [0.15, 0.2) is 11.5 Å². The number of hydrogen-bond acceptors (Lipinski definition) is 13. The lowest BCUT2D eigenvalue weighted by Crippen LogP contribution is -2.49. The molecule has 5 amide bonds. The van der Waals surface area contributed by atoms with Gasteiger partial charge in [-0.3, -0.25) is 29.3 Å². The highest BCUT2D eigenvalue weighted by Crippen LogP contribution is 2.32. The molecule has 6 heterocycles. The average Bonchev–Trinajstić information content (AvgIpc) is 4.00. The number of fused-ring (bicyclic) bond motifs is 1. The van der Waals surface area contributed by atoms with Crippen LogP contribution < -0.4 is 21.3 Å². The summed E-state index contributed by atoms with van der Waals surface area (Å²) in [6.07, 6.45) is 8.55. The van der Waals surface area contributed by atoms with Crippen molar-refractivity contribution in [2.24, 2.45) is 0 Å². The maximum absolute atomic E-state index is 13.6. The minimum absolute atomic E-state index is 0.0585. The van der Waals surface area contributed by atoms with Crippen LogP contribution in [0.3, 0.4) is 0 Å². The lowest BCUT2D eigenvalue weighted by Gasteiger charge is -2.34. The fourth-order valence-corrected chi connectivity index (χ4v) is 8.48. The molecule has 0 radical (unpaired) electrons. The third-order valence-corrected chi connectivity index (χ3v) is 12.1. The van der Waals surface area contributed by atoms with Crippen LogP contribution in [0, 0.1) is 5.82 Å². The predicted octanol–water partition coefficient (Wildman–Crippen LogP) is 5.75. The van der Waals surface area contributed by atoms with Gasteiger partial charge in [-0.25, -0.2) is 23.9 Å². The zero-order chi connectivity index (χ0) is 45.7. The fourth-order valence-electron chi connectivity index (χ4n) is 8.48. The summed E-state index contributed by atoms with van der Waals surface area (Å²) in [5.41, 5.74) is 9.12. The zero-order valence-electron chi connectivity index (χ0n) is 35.8. The first kappa shape index (κ1) is 43.7. The third kappa shape index (κ3) is 9.76. The Morgan fingerprint density at radius 1 is 0.939 bits per heavy atom. The highest BCUT2D eigenvalue weighted by Gasteiger charge is 2.31. The number of amides is 5. The number of benzene rings is 3. The molecule has 3 aromatic heterocycles. The van der Waals surface area contributed by atoms with Crippen LogP contribution in [0.5, 0.6) is 0 Å². The molecule has 3 fully saturated rings. The van der Waals surface area contributed by atoms with Crippen molar-refractivity contribution in [3.63, 3.8) is 0 Å². The summed E-state index contributed by atoms with van der Waals surface area (Å²) in [4.78, 5) is 78.7. The molecule has 1 atom stereocenters. The first-order valence-electron chi connectivity index (χ1n) is 21.8. The second-order valence-corrected chi connectivity index (χ2v) is 16.4. The minimum atomic E-state index is -1.37. The molecule has 19 heteroatoms. The van der Waals surface area contributed by atoms with E-state index in [1.807, 2.05) is 15.8 Å². The van der Waals surface area contributed by atoms with E-state index in [2.05, 4.69) is 30.6 Å². The van der Waals surface area contributed by atoms with Crippen LogP contribution in [0.4, 0.5) is 26.4 Å². The van der Waals surface area contributed by atoms with Crippen LogP contribution in [0.2, 0.25) is 0 Å². The minimum Gasteiger partial charge on any atom is -0.462 e. The molecular weight excluding hydrogens is 852 g/mol. The van der Waals surface area contributed by atoms with Gasteiger partial charge in [-0.1, -0.05) is 30.3 Å². The number of halogens is 1. The summed E-state index contributed by atoms with van der Waals surface area (Å²) in [5.74, 6) is -2.62. The summed E-state index contributed by atoms with van der Waals surface area (Å²) in [5, 5.41) is 10.3. The molecular formula is C47H47FN10O8. The molecule has 18 nitrogen and oxygen atoms in total. The quantitative estimate of drug-likeness (QED) is 0.118. The van der Waals surface area contributed by atoms with E-state index in [1.165, 1.54) is 41.6 Å². The Bertz CT molecular complexity index is 2750. The van der Waals surface area contributed by atoms with Crippen LogP contribution in [0.25, 0.3) is 22.2 Å². The lowest BCUT2D eigenvalue weighted by atomic mass is 10.0. The molecule has 0 aliphatic carbocycles. The molecule has 4 N–H and O–H groups in total. The van der Waals surface area contributed by atoms with Crippen molar-refractivity contribution in [2.45, 2.75) is 50.4 Å². The number of esters is 1. The van der Waals surface area contributed by atoms with E-state index in [0.717, 1.165) is 45.3 Å². The van der Waals surface area contributed by atoms with Gasteiger partial charge >= 0.3 is 12.0 Å². The van der Waals surface area contributed by atoms with E-state index in [0.29, 0.717) is 64.4 Å². The molecule has 3 saturated heterocycles. The van der Waals surface area contributed by atoms with Crippen LogP contribution >= 0.6 is 0 Å². The highest BCUT2D eigenvalue weighted by atomic mass is 19.1. The van der Waals surface area contributed by atoms with Gasteiger partial charge in [0.1, 0.15) is 17.7 Å². The van der Waals surface area contributed by atoms with Crippen molar-refractivity contribution in [2.75, 3.05) is 61.8 Å². The first-order chi connectivity index (χ1) is 32.1. The Labute approximate surface area is 377 Å². The number of carbonyl (C=O) groups is 5. The normalized spacial score (nSPS) is 16.9. The van der Waals surface area contributed by atoms with Gasteiger partial charge in [0.25, 0.3) is 11.8 Å². The smallest absolute Gasteiger partial charge is 0.361 e. The van der Waals surface area contributed by atoms with Crippen molar-refractivity contribution in [3.8, 4) is 11.3 Å². The summed E-state index contributed by atoms with van der Waals surface area (Å²) >= 11 is 0. The maximum Gasteiger partial charge on any atom is 0.361 e. The van der Waals surface area contributed by atoms with Crippen molar-refractivity contribution in [3.05, 3.63) is 120 Å². The van der Waals surface area contributed by atoms with Crippen molar-refractivity contribution < 1.29 is 42.3 Å². The molecule has 3 aromatic carbocycles. The van der Waals surface area contributed by atoms with Crippen LogP contribution in [-0.2, 0) is 19.1 Å². The number of imide groups is 1. The number of nitrogens with zero attached hydrogens (tertiary/aromatic N) is 7. The molecule has 6 aromatic rings. The number of carbonyl (C=O) groups excluding carboxylic acids is 5. The average molecular weight is 899 g/mol. The SMILES string of the molecule is Nc1ncc(-c2cnn(C3CCN(CCOC4CCN(C(=O)c5ccc6c(N7CCC(=O)NC7=O)coc6c5)CC4)CC3)c2)nc1C(=O)O[C@@H](C(=O)Nc1ccc(F)cc1)c1ccccc1. The number of nitrogens with two attached hydrogens (primary N) is 1. The van der Waals surface area contributed by atoms with Crippen LogP contribution in [0.15, 0.2) is 102 Å². The number of nitrogens with one attached hydrogen (secondary N) is 2. The number of aromatic nitrogens is 4. The molecule has 0 saturated carbocycles. The number of anilines is 3. The van der Waals surface area contributed by atoms with Gasteiger partial charge < -0.3 is 34.7 Å². The Hall–Kier alpha value is -7.51. The van der Waals surface area contributed by atoms with Gasteiger partial charge in [0.05, 0.1) is 42.5 Å². The number of rotatable bonds is 13. The van der Waals surface area contributed by atoms with E-state index >= 15 is 0 Å². The van der Waals surface area contributed by atoms with E-state index in [-0.39, 0.29) is 48.4 Å². The van der Waals surface area contributed by atoms with Gasteiger partial charge in [0.2, 0.25) is 12.0 Å². The van der Waals surface area contributed by atoms with Gasteiger partial charge in [-0.05, 0) is 68.1 Å². The number of ether oxygens (including phenoxy) is 2. The second kappa shape index (κ2) is 19.3. The Balaban J connectivity index is 0.729. The lowest BCUT2D eigenvalue weighted by molar-refractivity contribution is -0.125. The Morgan fingerprint density at radius 3 is 2.47 bits per heavy atom. The zero-order valence-corrected chi connectivity index (χ0v) is 35.8. The van der Waals surface area contributed by atoms with Crippen molar-refractivity contribution in [1.82, 2.24) is 34.9 Å². The Kier molecular flexibility index (Phi) is 12.8. The molecule has 9 rings (SSSR count). The molecule has 0 spiro atoms. The van der Waals surface area contributed by atoms with Gasteiger partial charge in [0, 0.05) is 79.7 Å². The number of urea groups is 1. The van der Waals surface area contributed by atoms with Crippen LogP contribution in [0.1, 0.15) is 70.7 Å². The van der Waals surface area contributed by atoms with Crippen molar-refractivity contribution >= 4 is 57.9 Å². The monoisotopic (exact) mass is 898 g/mol. The standard InChI is InChI=1S/C47H47FN10O8/c48-32-7-9-33(10-8-32)52-44(60)42(29-4-2-1-3-5-29)66-46(62)41-43(49)50-26-37(53-41)31-25-51-58(27-31)34-12-17-55(18-13-34)22-23-64-35-14-19-56(20-15-35)45(61)30-6-11-36-38(28-65-39(36)24-30)57-21-16-40(59)54-47(57)63/h1-11,24-28,34-35,42H,12-23H2,(H2,49,50)(H,52,60)(H,54,59,63)/t42-/m1/s1. The largest absolute Gasteiger partial charge is 0.462 e. The second-order valence-electron chi connectivity index (χ2n) is 16.4. The number of hydrogen-bond donors (Lipinski definition) is 3.